The maximum atomic E-state index is 11.8. The number of rotatable bonds is 3. The number of nitrogens with one attached hydrogen (secondary N) is 2. The molecule has 0 bridgehead atoms. The highest BCUT2D eigenvalue weighted by atomic mass is 16.4. The zero-order valence-electron chi connectivity index (χ0n) is 9.71. The molecule has 0 spiro atoms. The Morgan fingerprint density at radius 1 is 1.37 bits per heavy atom. The molecule has 98 valence electrons. The molecule has 8 nitrogen and oxygen atoms in total. The highest BCUT2D eigenvalue weighted by Gasteiger charge is 2.18. The van der Waals surface area contributed by atoms with Gasteiger partial charge in [0.1, 0.15) is 11.5 Å². The molecule has 1 aliphatic heterocycles. The number of anilines is 1. The van der Waals surface area contributed by atoms with E-state index in [2.05, 4.69) is 20.8 Å². The van der Waals surface area contributed by atoms with Crippen molar-refractivity contribution in [3.63, 3.8) is 0 Å². The number of pyridine rings is 1. The molecule has 2 rings (SSSR count). The Morgan fingerprint density at radius 3 is 2.79 bits per heavy atom. The third kappa shape index (κ3) is 3.12. The van der Waals surface area contributed by atoms with Gasteiger partial charge in [0.25, 0.3) is 5.91 Å². The van der Waals surface area contributed by atoms with E-state index in [1.165, 1.54) is 18.3 Å². The first-order valence-electron chi connectivity index (χ1n) is 5.42. The van der Waals surface area contributed by atoms with Gasteiger partial charge >= 0.3 is 5.97 Å². The molecule has 1 aromatic heterocycles. The van der Waals surface area contributed by atoms with Crippen LogP contribution in [0, 0.1) is 0 Å². The number of carboxylic acid groups (broad SMARTS) is 1. The summed E-state index contributed by atoms with van der Waals surface area (Å²) in [4.78, 5) is 37.3. The minimum absolute atomic E-state index is 0.0178. The first-order valence-corrected chi connectivity index (χ1v) is 5.42. The van der Waals surface area contributed by atoms with E-state index in [1.54, 1.807) is 0 Å². The van der Waals surface area contributed by atoms with Gasteiger partial charge in [-0.1, -0.05) is 0 Å². The van der Waals surface area contributed by atoms with Crippen molar-refractivity contribution in [3.05, 3.63) is 23.9 Å². The summed E-state index contributed by atoms with van der Waals surface area (Å²) in [6, 6.07) is 2.55. The van der Waals surface area contributed by atoms with Crippen molar-refractivity contribution in [2.45, 2.75) is 12.8 Å². The highest BCUT2D eigenvalue weighted by molar-refractivity contribution is 6.43. The number of hydrazone groups is 1. The van der Waals surface area contributed by atoms with Crippen LogP contribution in [0.4, 0.5) is 5.82 Å². The molecule has 19 heavy (non-hydrogen) atoms. The minimum atomic E-state index is -1.11. The van der Waals surface area contributed by atoms with Gasteiger partial charge in [0.2, 0.25) is 5.91 Å². The number of carboxylic acids is 1. The monoisotopic (exact) mass is 262 g/mol. The molecule has 3 N–H and O–H groups in total. The van der Waals surface area contributed by atoms with Crippen molar-refractivity contribution in [3.8, 4) is 0 Å². The van der Waals surface area contributed by atoms with Gasteiger partial charge < -0.3 is 10.4 Å². The average Bonchev–Trinajstić information content (AvgIpc) is 2.39. The molecule has 0 aromatic carbocycles. The molecule has 1 aliphatic rings. The van der Waals surface area contributed by atoms with Gasteiger partial charge in [-0.2, -0.15) is 5.10 Å². The molecule has 1 aromatic rings. The standard InChI is InChI=1S/C11H10N4O4/c16-9-2-1-7(14-15-9)10(17)13-8-5-6(11(18)19)3-4-12-8/h3-5H,1-2H2,(H,15,16)(H,18,19)(H,12,13,17). The van der Waals surface area contributed by atoms with E-state index in [9.17, 15) is 14.4 Å². The summed E-state index contributed by atoms with van der Waals surface area (Å²) in [6.45, 7) is 0. The minimum Gasteiger partial charge on any atom is -0.478 e. The topological polar surface area (TPSA) is 121 Å². The van der Waals surface area contributed by atoms with Crippen molar-refractivity contribution >= 4 is 29.3 Å². The van der Waals surface area contributed by atoms with Gasteiger partial charge in [-0.15, -0.1) is 0 Å². The Labute approximate surface area is 107 Å². The lowest BCUT2D eigenvalue weighted by atomic mass is 10.1. The van der Waals surface area contributed by atoms with Crippen LogP contribution in [0.5, 0.6) is 0 Å². The number of aromatic carboxylic acids is 1. The largest absolute Gasteiger partial charge is 0.478 e. The summed E-state index contributed by atoms with van der Waals surface area (Å²) in [6.07, 6.45) is 1.70. The first kappa shape index (κ1) is 12.7. The maximum absolute atomic E-state index is 11.8. The molecule has 0 saturated heterocycles. The van der Waals surface area contributed by atoms with Crippen LogP contribution < -0.4 is 10.7 Å². The summed E-state index contributed by atoms with van der Waals surface area (Å²) in [5, 5.41) is 14.9. The van der Waals surface area contributed by atoms with Gasteiger partial charge in [-0.25, -0.2) is 15.2 Å². The summed E-state index contributed by atoms with van der Waals surface area (Å²) in [5.74, 6) is -1.76. The Hall–Kier alpha value is -2.77. The highest BCUT2D eigenvalue weighted by Crippen LogP contribution is 2.08. The fraction of sp³-hybridized carbons (Fsp3) is 0.182. The molecule has 0 atom stereocenters. The second-order valence-corrected chi connectivity index (χ2v) is 3.78. The zero-order chi connectivity index (χ0) is 13.8. The second kappa shape index (κ2) is 5.25. The zero-order valence-corrected chi connectivity index (χ0v) is 9.71. The molecule has 8 heteroatoms. The lowest BCUT2D eigenvalue weighted by Crippen LogP contribution is -2.33. The Bertz CT molecular complexity index is 582. The van der Waals surface area contributed by atoms with Crippen LogP contribution in [-0.4, -0.2) is 33.6 Å². The SMILES string of the molecule is O=C1CCC(C(=O)Nc2cc(C(=O)O)ccn2)=NN1. The molecule has 0 saturated carbocycles. The normalized spacial score (nSPS) is 14.3. The summed E-state index contributed by atoms with van der Waals surface area (Å²) >= 11 is 0. The Balaban J connectivity index is 2.09. The third-order valence-electron chi connectivity index (χ3n) is 2.42. The van der Waals surface area contributed by atoms with Crippen LogP contribution in [0.25, 0.3) is 0 Å². The van der Waals surface area contributed by atoms with Gasteiger partial charge in [0.15, 0.2) is 0 Å². The van der Waals surface area contributed by atoms with Crippen molar-refractivity contribution in [1.82, 2.24) is 10.4 Å². The smallest absolute Gasteiger partial charge is 0.335 e. The number of carbonyl (C=O) groups is 3. The van der Waals surface area contributed by atoms with Crippen molar-refractivity contribution in [2.75, 3.05) is 5.32 Å². The van der Waals surface area contributed by atoms with E-state index in [0.717, 1.165) is 0 Å². The van der Waals surface area contributed by atoms with Crippen molar-refractivity contribution in [1.29, 1.82) is 0 Å². The molecule has 0 unspecified atom stereocenters. The van der Waals surface area contributed by atoms with Crippen LogP contribution in [0.2, 0.25) is 0 Å². The summed E-state index contributed by atoms with van der Waals surface area (Å²) < 4.78 is 0. The Morgan fingerprint density at radius 2 is 2.16 bits per heavy atom. The van der Waals surface area contributed by atoms with Crippen molar-refractivity contribution < 1.29 is 19.5 Å². The van der Waals surface area contributed by atoms with Gasteiger partial charge in [-0.05, 0) is 12.1 Å². The van der Waals surface area contributed by atoms with E-state index in [-0.39, 0.29) is 35.8 Å². The number of hydrogen-bond acceptors (Lipinski definition) is 5. The summed E-state index contributed by atoms with van der Waals surface area (Å²) in [7, 11) is 0. The third-order valence-corrected chi connectivity index (χ3v) is 2.42. The van der Waals surface area contributed by atoms with Gasteiger partial charge in [0, 0.05) is 19.0 Å². The van der Waals surface area contributed by atoms with E-state index < -0.39 is 11.9 Å². The number of aromatic nitrogens is 1. The molecule has 2 heterocycles. The molecular formula is C11H10N4O4. The molecule has 0 aliphatic carbocycles. The number of hydrogen-bond donors (Lipinski definition) is 3. The van der Waals surface area contributed by atoms with Crippen LogP contribution >= 0.6 is 0 Å². The van der Waals surface area contributed by atoms with Gasteiger partial charge in [-0.3, -0.25) is 9.59 Å². The van der Waals surface area contributed by atoms with E-state index in [4.69, 9.17) is 5.11 Å². The van der Waals surface area contributed by atoms with Crippen LogP contribution in [0.1, 0.15) is 23.2 Å². The predicted octanol–water partition coefficient (Wildman–Crippen LogP) is -0.0157. The lowest BCUT2D eigenvalue weighted by molar-refractivity contribution is -0.121. The second-order valence-electron chi connectivity index (χ2n) is 3.78. The molecule has 0 radical (unpaired) electrons. The van der Waals surface area contributed by atoms with E-state index in [1.807, 2.05) is 0 Å². The quantitative estimate of drug-likeness (QED) is 0.707. The Kier molecular flexibility index (Phi) is 3.51. The maximum Gasteiger partial charge on any atom is 0.335 e. The molecule has 0 fully saturated rings. The van der Waals surface area contributed by atoms with Crippen LogP contribution in [0.3, 0.4) is 0 Å². The fourth-order valence-electron chi connectivity index (χ4n) is 1.46. The first-order chi connectivity index (χ1) is 9.06. The van der Waals surface area contributed by atoms with Gasteiger partial charge in [0.05, 0.1) is 5.56 Å². The van der Waals surface area contributed by atoms with Crippen LogP contribution in [0.15, 0.2) is 23.4 Å². The molecular weight excluding hydrogens is 252 g/mol. The predicted molar refractivity (Wildman–Crippen MR) is 64.6 cm³/mol. The van der Waals surface area contributed by atoms with Crippen LogP contribution in [-0.2, 0) is 9.59 Å². The molecule has 2 amide bonds. The fourth-order valence-corrected chi connectivity index (χ4v) is 1.46. The summed E-state index contributed by atoms with van der Waals surface area (Å²) in [5.41, 5.74) is 2.39. The average molecular weight is 262 g/mol. The van der Waals surface area contributed by atoms with E-state index >= 15 is 0 Å². The number of nitrogens with zero attached hydrogens (tertiary/aromatic N) is 2. The lowest BCUT2D eigenvalue weighted by Gasteiger charge is -2.11. The van der Waals surface area contributed by atoms with Crippen molar-refractivity contribution in [2.24, 2.45) is 5.10 Å². The van der Waals surface area contributed by atoms with E-state index in [0.29, 0.717) is 0 Å². The number of carbonyl (C=O) groups excluding carboxylic acids is 2. The number of amides is 2.